The molecule has 2 heterocycles. The Morgan fingerprint density at radius 3 is 3.05 bits per heavy atom. The summed E-state index contributed by atoms with van der Waals surface area (Å²) in [6.07, 6.45) is 2.51. The van der Waals surface area contributed by atoms with Gasteiger partial charge in [-0.15, -0.1) is 0 Å². The van der Waals surface area contributed by atoms with E-state index in [1.165, 1.54) is 11.1 Å². The third-order valence-corrected chi connectivity index (χ3v) is 6.24. The van der Waals surface area contributed by atoms with Crippen molar-refractivity contribution in [1.82, 2.24) is 5.32 Å². The van der Waals surface area contributed by atoms with Crippen LogP contribution in [0.3, 0.4) is 0 Å². The number of fused-ring (bicyclic) bond motifs is 1. The Bertz CT molecular complexity index is 568. The van der Waals surface area contributed by atoms with Gasteiger partial charge in [0.25, 0.3) is 0 Å². The van der Waals surface area contributed by atoms with E-state index < -0.39 is 9.84 Å². The molecule has 0 amide bonds. The summed E-state index contributed by atoms with van der Waals surface area (Å²) in [5.74, 6) is 1.15. The normalized spacial score (nSPS) is 24.9. The molecule has 1 fully saturated rings. The lowest BCUT2D eigenvalue weighted by Crippen LogP contribution is -2.26. The summed E-state index contributed by atoms with van der Waals surface area (Å²) in [6, 6.07) is 6.05. The fourth-order valence-corrected chi connectivity index (χ4v) is 4.55. The van der Waals surface area contributed by atoms with Crippen molar-refractivity contribution < 1.29 is 13.2 Å². The van der Waals surface area contributed by atoms with Gasteiger partial charge in [0.2, 0.25) is 0 Å². The average molecular weight is 281 g/mol. The van der Waals surface area contributed by atoms with Crippen LogP contribution in [-0.4, -0.2) is 32.6 Å². The molecule has 0 spiro atoms. The second kappa shape index (κ2) is 5.13. The maximum atomic E-state index is 11.8. The minimum absolute atomic E-state index is 0.290. The first-order chi connectivity index (χ1) is 9.17. The van der Waals surface area contributed by atoms with Crippen LogP contribution in [-0.2, 0) is 22.8 Å². The number of nitrogens with one attached hydrogen (secondary N) is 1. The van der Waals surface area contributed by atoms with Crippen LogP contribution in [0, 0.1) is 0 Å². The van der Waals surface area contributed by atoms with E-state index in [2.05, 4.69) is 11.4 Å². The average Bonchev–Trinajstić information content (AvgIpc) is 2.75. The molecular weight excluding hydrogens is 262 g/mol. The van der Waals surface area contributed by atoms with Gasteiger partial charge in [0.15, 0.2) is 9.84 Å². The second-order valence-electron chi connectivity index (χ2n) is 5.26. The van der Waals surface area contributed by atoms with E-state index in [9.17, 15) is 8.42 Å². The summed E-state index contributed by atoms with van der Waals surface area (Å²) < 4.78 is 29.4. The standard InChI is InChI=1S/C14H19NO3S/c16-19(17)8-2-4-12(19)10-18-14-5-1-3-11-6-7-15-9-13(11)14/h1,3,5,12,15H,2,4,6-10H2. The lowest BCUT2D eigenvalue weighted by atomic mass is 10.0. The Morgan fingerprint density at radius 1 is 1.37 bits per heavy atom. The number of ether oxygens (including phenoxy) is 1. The Hall–Kier alpha value is -1.07. The largest absolute Gasteiger partial charge is 0.492 e. The molecule has 1 aromatic rings. The van der Waals surface area contributed by atoms with Gasteiger partial charge in [0, 0.05) is 12.1 Å². The molecular formula is C14H19NO3S. The van der Waals surface area contributed by atoms with Gasteiger partial charge in [-0.2, -0.15) is 0 Å². The third-order valence-electron chi connectivity index (χ3n) is 3.99. The number of hydrogen-bond acceptors (Lipinski definition) is 4. The smallest absolute Gasteiger partial charge is 0.156 e. The molecule has 1 N–H and O–H groups in total. The summed E-state index contributed by atoms with van der Waals surface area (Å²) in [6.45, 7) is 2.09. The van der Waals surface area contributed by atoms with Crippen molar-refractivity contribution in [3.63, 3.8) is 0 Å². The van der Waals surface area contributed by atoms with Crippen LogP contribution in [0.15, 0.2) is 18.2 Å². The van der Waals surface area contributed by atoms with E-state index >= 15 is 0 Å². The number of sulfone groups is 1. The zero-order chi connectivity index (χ0) is 13.3. The van der Waals surface area contributed by atoms with E-state index in [0.717, 1.165) is 38.1 Å². The molecule has 1 aromatic carbocycles. The highest BCUT2D eigenvalue weighted by Crippen LogP contribution is 2.27. The molecule has 0 radical (unpaired) electrons. The fourth-order valence-electron chi connectivity index (χ4n) is 2.85. The van der Waals surface area contributed by atoms with Gasteiger partial charge >= 0.3 is 0 Å². The zero-order valence-electron chi connectivity index (χ0n) is 10.9. The Labute approximate surface area is 114 Å². The van der Waals surface area contributed by atoms with Crippen molar-refractivity contribution >= 4 is 9.84 Å². The highest BCUT2D eigenvalue weighted by atomic mass is 32.2. The molecule has 3 rings (SSSR count). The summed E-state index contributed by atoms with van der Waals surface area (Å²) in [4.78, 5) is 0. The molecule has 1 atom stereocenters. The first-order valence-corrected chi connectivity index (χ1v) is 8.54. The summed E-state index contributed by atoms with van der Waals surface area (Å²) in [5.41, 5.74) is 2.50. The van der Waals surface area contributed by atoms with Gasteiger partial charge in [-0.1, -0.05) is 12.1 Å². The zero-order valence-corrected chi connectivity index (χ0v) is 11.7. The quantitative estimate of drug-likeness (QED) is 0.907. The van der Waals surface area contributed by atoms with Gasteiger partial charge < -0.3 is 10.1 Å². The van der Waals surface area contributed by atoms with Gasteiger partial charge in [-0.05, 0) is 37.4 Å². The fraction of sp³-hybridized carbons (Fsp3) is 0.571. The van der Waals surface area contributed by atoms with E-state index in [1.807, 2.05) is 12.1 Å². The van der Waals surface area contributed by atoms with Crippen LogP contribution in [0.1, 0.15) is 24.0 Å². The molecule has 0 aliphatic carbocycles. The molecule has 1 unspecified atom stereocenters. The minimum Gasteiger partial charge on any atom is -0.492 e. The van der Waals surface area contributed by atoms with Gasteiger partial charge in [0.05, 0.1) is 11.0 Å². The molecule has 1 saturated heterocycles. The maximum Gasteiger partial charge on any atom is 0.156 e. The number of rotatable bonds is 3. The Morgan fingerprint density at radius 2 is 2.26 bits per heavy atom. The van der Waals surface area contributed by atoms with Crippen molar-refractivity contribution in [3.8, 4) is 5.75 Å². The van der Waals surface area contributed by atoms with Gasteiger partial charge in [-0.3, -0.25) is 0 Å². The Balaban J connectivity index is 1.74. The number of benzene rings is 1. The minimum atomic E-state index is -2.92. The first-order valence-electron chi connectivity index (χ1n) is 6.83. The van der Waals surface area contributed by atoms with Crippen LogP contribution in [0.4, 0.5) is 0 Å². The van der Waals surface area contributed by atoms with Gasteiger partial charge in [0.1, 0.15) is 12.4 Å². The second-order valence-corrected chi connectivity index (χ2v) is 7.66. The topological polar surface area (TPSA) is 55.4 Å². The molecule has 19 heavy (non-hydrogen) atoms. The van der Waals surface area contributed by atoms with Gasteiger partial charge in [-0.25, -0.2) is 8.42 Å². The van der Waals surface area contributed by atoms with Crippen LogP contribution in [0.25, 0.3) is 0 Å². The molecule has 5 heteroatoms. The predicted molar refractivity (Wildman–Crippen MR) is 74.2 cm³/mol. The van der Waals surface area contributed by atoms with E-state index in [4.69, 9.17) is 4.74 Å². The van der Waals surface area contributed by atoms with Crippen molar-refractivity contribution in [2.24, 2.45) is 0 Å². The lowest BCUT2D eigenvalue weighted by molar-refractivity contribution is 0.306. The summed E-state index contributed by atoms with van der Waals surface area (Å²) >= 11 is 0. The van der Waals surface area contributed by atoms with Crippen LogP contribution < -0.4 is 10.1 Å². The van der Waals surface area contributed by atoms with E-state index in [-0.39, 0.29) is 5.25 Å². The highest BCUT2D eigenvalue weighted by molar-refractivity contribution is 7.92. The molecule has 2 aliphatic heterocycles. The molecule has 0 aromatic heterocycles. The number of hydrogen-bond donors (Lipinski definition) is 1. The van der Waals surface area contributed by atoms with Crippen LogP contribution >= 0.6 is 0 Å². The molecule has 104 valence electrons. The van der Waals surface area contributed by atoms with E-state index in [0.29, 0.717) is 12.4 Å². The van der Waals surface area contributed by atoms with E-state index in [1.54, 1.807) is 0 Å². The predicted octanol–water partition coefficient (Wildman–Crippen LogP) is 1.29. The van der Waals surface area contributed by atoms with Crippen molar-refractivity contribution in [2.75, 3.05) is 18.9 Å². The lowest BCUT2D eigenvalue weighted by Gasteiger charge is -2.21. The van der Waals surface area contributed by atoms with Crippen molar-refractivity contribution in [3.05, 3.63) is 29.3 Å². The Kier molecular flexibility index (Phi) is 3.50. The highest BCUT2D eigenvalue weighted by Gasteiger charge is 2.32. The SMILES string of the molecule is O=S1(=O)CCCC1COc1cccc2c1CNCC2. The van der Waals surface area contributed by atoms with Crippen molar-refractivity contribution in [1.29, 1.82) is 0 Å². The van der Waals surface area contributed by atoms with Crippen molar-refractivity contribution in [2.45, 2.75) is 31.1 Å². The van der Waals surface area contributed by atoms with Crippen LogP contribution in [0.5, 0.6) is 5.75 Å². The summed E-state index contributed by atoms with van der Waals surface area (Å²) in [5, 5.41) is 3.01. The molecule has 0 bridgehead atoms. The maximum absolute atomic E-state index is 11.8. The molecule has 0 saturated carbocycles. The molecule has 4 nitrogen and oxygen atoms in total. The molecule has 2 aliphatic rings. The third kappa shape index (κ3) is 2.62. The first kappa shape index (κ1) is 12.9. The summed E-state index contributed by atoms with van der Waals surface area (Å²) in [7, 11) is -2.92. The van der Waals surface area contributed by atoms with Crippen LogP contribution in [0.2, 0.25) is 0 Å². The monoisotopic (exact) mass is 281 g/mol.